The van der Waals surface area contributed by atoms with Crippen LogP contribution in [0.5, 0.6) is 0 Å². The summed E-state index contributed by atoms with van der Waals surface area (Å²) < 4.78 is 43.1. The van der Waals surface area contributed by atoms with E-state index in [0.29, 0.717) is 12.1 Å². The van der Waals surface area contributed by atoms with E-state index in [1.807, 2.05) is 69.3 Å². The zero-order valence-corrected chi connectivity index (χ0v) is 23.1. The van der Waals surface area contributed by atoms with Crippen LogP contribution in [0.25, 0.3) is 0 Å². The minimum atomic E-state index is -4.52. The third kappa shape index (κ3) is 6.43. The van der Waals surface area contributed by atoms with Gasteiger partial charge in [-0.25, -0.2) is 4.68 Å². The third-order valence-corrected chi connectivity index (χ3v) is 7.25. The Morgan fingerprint density at radius 2 is 1.76 bits per heavy atom. The molecule has 1 amide bonds. The molecule has 0 bridgehead atoms. The highest BCUT2D eigenvalue weighted by Crippen LogP contribution is 2.44. The van der Waals surface area contributed by atoms with E-state index in [0.717, 1.165) is 21.5 Å². The Kier molecular flexibility index (Phi) is 7.86. The molecule has 0 aliphatic carbocycles. The van der Waals surface area contributed by atoms with Crippen molar-refractivity contribution < 1.29 is 18.0 Å². The second-order valence-corrected chi connectivity index (χ2v) is 11.1. The number of halogens is 3. The molecule has 41 heavy (non-hydrogen) atoms. The number of rotatable bonds is 8. The van der Waals surface area contributed by atoms with Gasteiger partial charge in [-0.15, -0.1) is 0 Å². The van der Waals surface area contributed by atoms with Crippen LogP contribution in [0.1, 0.15) is 71.1 Å². The Balaban J connectivity index is 1.36. The SMILES string of the molecule is Cc1ccnc(C(NCC(C)(C)NC(=O)c2cnn3c2NC(c2ccccc2)CC3C(F)(F)F)c2ccccc2)c1. The first-order valence-electron chi connectivity index (χ1n) is 13.5. The van der Waals surface area contributed by atoms with Crippen molar-refractivity contribution >= 4 is 11.7 Å². The number of nitrogens with zero attached hydrogens (tertiary/aromatic N) is 3. The number of alkyl halides is 3. The smallest absolute Gasteiger partial charge is 0.363 e. The number of aromatic nitrogens is 3. The maximum absolute atomic E-state index is 14.1. The van der Waals surface area contributed by atoms with Gasteiger partial charge in [-0.05, 0) is 49.6 Å². The molecule has 0 spiro atoms. The standard InChI is InChI=1S/C31H33F3N6O/c1-20-14-15-35-25(16-20)27(22-12-8-5-9-13-22)36-19-30(2,3)39-29(41)23-18-37-40-26(31(32,33)34)17-24(38-28(23)40)21-10-6-4-7-11-21/h4-16,18,24,26-27,36,38H,17,19H2,1-3H3,(H,39,41). The average molecular weight is 563 g/mol. The third-order valence-electron chi connectivity index (χ3n) is 7.25. The van der Waals surface area contributed by atoms with E-state index in [4.69, 9.17) is 0 Å². The lowest BCUT2D eigenvalue weighted by Gasteiger charge is -2.34. The molecule has 10 heteroatoms. The van der Waals surface area contributed by atoms with Crippen molar-refractivity contribution in [3.63, 3.8) is 0 Å². The summed E-state index contributed by atoms with van der Waals surface area (Å²) in [5.41, 5.74) is 2.95. The Morgan fingerprint density at radius 1 is 1.07 bits per heavy atom. The number of amides is 1. The van der Waals surface area contributed by atoms with Gasteiger partial charge in [0, 0.05) is 24.7 Å². The number of hydrogen-bond donors (Lipinski definition) is 3. The van der Waals surface area contributed by atoms with Crippen molar-refractivity contribution in [1.29, 1.82) is 0 Å². The van der Waals surface area contributed by atoms with Gasteiger partial charge in [0.05, 0.1) is 24.0 Å². The van der Waals surface area contributed by atoms with Gasteiger partial charge in [0.1, 0.15) is 11.4 Å². The van der Waals surface area contributed by atoms with Crippen LogP contribution in [0, 0.1) is 6.92 Å². The summed E-state index contributed by atoms with van der Waals surface area (Å²) in [6.07, 6.45) is -1.78. The number of aryl methyl sites for hydroxylation is 1. The first kappa shape index (κ1) is 28.4. The molecule has 0 saturated heterocycles. The predicted octanol–water partition coefficient (Wildman–Crippen LogP) is 6.13. The number of fused-ring (bicyclic) bond motifs is 1. The van der Waals surface area contributed by atoms with Gasteiger partial charge in [0.25, 0.3) is 5.91 Å². The zero-order chi connectivity index (χ0) is 29.2. The monoisotopic (exact) mass is 562 g/mol. The van der Waals surface area contributed by atoms with E-state index >= 15 is 0 Å². The summed E-state index contributed by atoms with van der Waals surface area (Å²) in [7, 11) is 0. The number of benzene rings is 2. The fraction of sp³-hybridized carbons (Fsp3) is 0.323. The fourth-order valence-electron chi connectivity index (χ4n) is 5.16. The molecule has 5 rings (SSSR count). The van der Waals surface area contributed by atoms with Gasteiger partial charge in [-0.1, -0.05) is 60.7 Å². The first-order chi connectivity index (χ1) is 19.5. The Hall–Kier alpha value is -4.18. The molecule has 1 aliphatic rings. The number of hydrogen-bond acceptors (Lipinski definition) is 5. The van der Waals surface area contributed by atoms with E-state index in [1.165, 1.54) is 6.20 Å². The topological polar surface area (TPSA) is 83.9 Å². The van der Waals surface area contributed by atoms with Gasteiger partial charge >= 0.3 is 6.18 Å². The maximum Gasteiger partial charge on any atom is 0.410 e. The highest BCUT2D eigenvalue weighted by Gasteiger charge is 2.47. The van der Waals surface area contributed by atoms with Crippen molar-refractivity contribution in [2.45, 2.75) is 57.0 Å². The summed E-state index contributed by atoms with van der Waals surface area (Å²) in [5.74, 6) is -0.454. The Labute approximate surface area is 237 Å². The van der Waals surface area contributed by atoms with Crippen LogP contribution in [0.3, 0.4) is 0 Å². The van der Waals surface area contributed by atoms with Gasteiger partial charge < -0.3 is 16.0 Å². The van der Waals surface area contributed by atoms with Crippen LogP contribution in [0.2, 0.25) is 0 Å². The van der Waals surface area contributed by atoms with E-state index in [2.05, 4.69) is 26.0 Å². The molecule has 3 N–H and O–H groups in total. The molecular formula is C31H33F3N6O. The van der Waals surface area contributed by atoms with Crippen LogP contribution in [0.4, 0.5) is 19.0 Å². The summed E-state index contributed by atoms with van der Waals surface area (Å²) >= 11 is 0. The summed E-state index contributed by atoms with van der Waals surface area (Å²) in [6.45, 7) is 6.09. The molecule has 0 fully saturated rings. The zero-order valence-electron chi connectivity index (χ0n) is 23.1. The molecule has 2 aromatic heterocycles. The van der Waals surface area contributed by atoms with E-state index in [1.54, 1.807) is 30.5 Å². The lowest BCUT2D eigenvalue weighted by atomic mass is 9.96. The summed E-state index contributed by atoms with van der Waals surface area (Å²) in [5, 5.41) is 13.7. The molecule has 0 radical (unpaired) electrons. The van der Waals surface area contributed by atoms with Gasteiger partial charge in [0.2, 0.25) is 0 Å². The van der Waals surface area contributed by atoms with Crippen LogP contribution in [0.15, 0.2) is 85.2 Å². The lowest BCUT2D eigenvalue weighted by molar-refractivity contribution is -0.173. The molecule has 3 heterocycles. The highest BCUT2D eigenvalue weighted by atomic mass is 19.4. The largest absolute Gasteiger partial charge is 0.410 e. The van der Waals surface area contributed by atoms with E-state index in [9.17, 15) is 18.0 Å². The van der Waals surface area contributed by atoms with Crippen LogP contribution >= 0.6 is 0 Å². The van der Waals surface area contributed by atoms with Gasteiger partial charge in [0.15, 0.2) is 6.04 Å². The lowest BCUT2D eigenvalue weighted by Crippen LogP contribution is -2.51. The van der Waals surface area contributed by atoms with Crippen molar-refractivity contribution in [3.8, 4) is 0 Å². The van der Waals surface area contributed by atoms with Crippen molar-refractivity contribution in [1.82, 2.24) is 25.4 Å². The average Bonchev–Trinajstić information content (AvgIpc) is 3.37. The number of anilines is 1. The normalized spacial score (nSPS) is 17.8. The van der Waals surface area contributed by atoms with Crippen LogP contribution in [-0.4, -0.2) is 38.9 Å². The second-order valence-electron chi connectivity index (χ2n) is 11.1. The molecule has 2 aromatic carbocycles. The number of nitrogens with one attached hydrogen (secondary N) is 3. The number of carbonyl (C=O) groups is 1. The Bertz CT molecular complexity index is 1490. The molecule has 3 unspecified atom stereocenters. The first-order valence-corrected chi connectivity index (χ1v) is 13.5. The minimum absolute atomic E-state index is 0.0554. The highest BCUT2D eigenvalue weighted by molar-refractivity contribution is 5.99. The maximum atomic E-state index is 14.1. The number of carbonyl (C=O) groups excluding carboxylic acids is 1. The molecule has 4 aromatic rings. The van der Waals surface area contributed by atoms with Crippen LogP contribution < -0.4 is 16.0 Å². The fourth-order valence-corrected chi connectivity index (χ4v) is 5.16. The molecule has 3 atom stereocenters. The summed E-state index contributed by atoms with van der Waals surface area (Å²) in [4.78, 5) is 18.1. The quantitative estimate of drug-likeness (QED) is 0.241. The van der Waals surface area contributed by atoms with E-state index < -0.39 is 29.7 Å². The van der Waals surface area contributed by atoms with Crippen molar-refractivity contribution in [2.24, 2.45) is 0 Å². The van der Waals surface area contributed by atoms with Gasteiger partial charge in [-0.3, -0.25) is 9.78 Å². The van der Waals surface area contributed by atoms with Crippen molar-refractivity contribution in [3.05, 3.63) is 113 Å². The summed E-state index contributed by atoms with van der Waals surface area (Å²) in [6, 6.07) is 20.1. The van der Waals surface area contributed by atoms with Crippen molar-refractivity contribution in [2.75, 3.05) is 11.9 Å². The molecule has 0 saturated carbocycles. The van der Waals surface area contributed by atoms with Crippen LogP contribution in [-0.2, 0) is 0 Å². The Morgan fingerprint density at radius 3 is 2.41 bits per heavy atom. The van der Waals surface area contributed by atoms with Gasteiger partial charge in [-0.2, -0.15) is 18.3 Å². The minimum Gasteiger partial charge on any atom is -0.363 e. The van der Waals surface area contributed by atoms with E-state index in [-0.39, 0.29) is 23.8 Å². The molecule has 1 aliphatic heterocycles. The molecular weight excluding hydrogens is 529 g/mol. The second kappa shape index (κ2) is 11.4. The number of pyridine rings is 1. The molecule has 214 valence electrons. The molecule has 7 nitrogen and oxygen atoms in total. The predicted molar refractivity (Wildman–Crippen MR) is 152 cm³/mol.